The number of hydrogen-bond acceptors (Lipinski definition) is 4. The summed E-state index contributed by atoms with van der Waals surface area (Å²) in [4.78, 5) is 16.3. The molecule has 1 saturated heterocycles. The molecule has 0 unspecified atom stereocenters. The van der Waals surface area contributed by atoms with E-state index in [0.717, 1.165) is 68.5 Å². The molecule has 0 atom stereocenters. The number of fused-ring (bicyclic) bond motifs is 1. The van der Waals surface area contributed by atoms with Crippen molar-refractivity contribution in [2.75, 3.05) is 25.0 Å². The number of nitrogens with zero attached hydrogens (tertiary/aromatic N) is 4. The molecular formula is C22H30F3N5. The van der Waals surface area contributed by atoms with Crippen LogP contribution in [0.25, 0.3) is 11.0 Å². The molecule has 8 heteroatoms. The van der Waals surface area contributed by atoms with Gasteiger partial charge < -0.3 is 14.8 Å². The number of hydrogen-bond donors (Lipinski definition) is 1. The van der Waals surface area contributed by atoms with Gasteiger partial charge in [0.2, 0.25) is 0 Å². The highest BCUT2D eigenvalue weighted by Crippen LogP contribution is 2.46. The lowest BCUT2D eigenvalue weighted by atomic mass is 9.66. The standard InChI is InChI=1S/C22H30F3N5/c1-16(3-9-22(23,24)25)30-13-10-21(11-14-30)7-4-17(5-8-21)29(2)20-18-6-12-26-19(18)27-15-28-20/h6,12,15,17H,1,3-5,7-11,13-14H2,2H3,(H,26,27,28). The maximum Gasteiger partial charge on any atom is 0.389 e. The highest BCUT2D eigenvalue weighted by Gasteiger charge is 2.39. The Bertz CT molecular complexity index is 872. The lowest BCUT2D eigenvalue weighted by Crippen LogP contribution is -2.45. The fourth-order valence-electron chi connectivity index (χ4n) is 5.16. The first-order valence-electron chi connectivity index (χ1n) is 10.8. The maximum atomic E-state index is 12.5. The molecule has 1 spiro atoms. The molecule has 0 aromatic carbocycles. The fourth-order valence-corrected chi connectivity index (χ4v) is 5.16. The van der Waals surface area contributed by atoms with E-state index in [-0.39, 0.29) is 6.42 Å². The van der Waals surface area contributed by atoms with Gasteiger partial charge in [0.1, 0.15) is 17.8 Å². The van der Waals surface area contributed by atoms with E-state index in [1.165, 1.54) is 0 Å². The lowest BCUT2D eigenvalue weighted by Gasteiger charge is -2.48. The second-order valence-electron chi connectivity index (χ2n) is 8.95. The third kappa shape index (κ3) is 4.42. The number of aromatic nitrogens is 3. The normalized spacial score (nSPS) is 20.1. The third-order valence-electron chi connectivity index (χ3n) is 7.20. The van der Waals surface area contributed by atoms with Gasteiger partial charge in [0.25, 0.3) is 0 Å². The molecule has 1 aliphatic carbocycles. The average molecular weight is 422 g/mol. The van der Waals surface area contributed by atoms with Gasteiger partial charge in [-0.3, -0.25) is 0 Å². The third-order valence-corrected chi connectivity index (χ3v) is 7.20. The highest BCUT2D eigenvalue weighted by atomic mass is 19.4. The number of aromatic amines is 1. The number of anilines is 1. The van der Waals surface area contributed by atoms with Gasteiger partial charge in [-0.1, -0.05) is 6.58 Å². The van der Waals surface area contributed by atoms with Gasteiger partial charge in [0, 0.05) is 44.5 Å². The van der Waals surface area contributed by atoms with Gasteiger partial charge in [0.15, 0.2) is 0 Å². The molecule has 1 N–H and O–H groups in total. The van der Waals surface area contributed by atoms with E-state index in [0.29, 0.717) is 17.2 Å². The van der Waals surface area contributed by atoms with Crippen LogP contribution in [0.2, 0.25) is 0 Å². The van der Waals surface area contributed by atoms with Crippen LogP contribution >= 0.6 is 0 Å². The van der Waals surface area contributed by atoms with Gasteiger partial charge in [0.05, 0.1) is 5.39 Å². The number of alkyl halides is 3. The van der Waals surface area contributed by atoms with Gasteiger partial charge in [-0.25, -0.2) is 9.97 Å². The molecule has 2 fully saturated rings. The molecule has 30 heavy (non-hydrogen) atoms. The SMILES string of the molecule is C=C(CCC(F)(F)F)N1CCC2(CCC(N(C)c3ncnc4[nH]ccc34)CC2)CC1. The Morgan fingerprint density at radius 2 is 1.93 bits per heavy atom. The van der Waals surface area contributed by atoms with Crippen molar-refractivity contribution >= 4 is 16.9 Å². The van der Waals surface area contributed by atoms with Crippen LogP contribution in [0.1, 0.15) is 51.4 Å². The summed E-state index contributed by atoms with van der Waals surface area (Å²) in [6.07, 6.45) is 5.25. The number of H-pyrrole nitrogens is 1. The topological polar surface area (TPSA) is 48.1 Å². The molecule has 2 aromatic rings. The average Bonchev–Trinajstić information content (AvgIpc) is 3.21. The van der Waals surface area contributed by atoms with Crippen molar-refractivity contribution in [1.82, 2.24) is 19.9 Å². The Kier molecular flexibility index (Phi) is 5.68. The molecular weight excluding hydrogens is 391 g/mol. The predicted octanol–water partition coefficient (Wildman–Crippen LogP) is 5.28. The zero-order valence-electron chi connectivity index (χ0n) is 17.5. The van der Waals surface area contributed by atoms with E-state index in [1.807, 2.05) is 12.3 Å². The summed E-state index contributed by atoms with van der Waals surface area (Å²) in [6.45, 7) is 5.56. The molecule has 1 aliphatic heterocycles. The van der Waals surface area contributed by atoms with Crippen LogP contribution in [0.4, 0.5) is 19.0 Å². The summed E-state index contributed by atoms with van der Waals surface area (Å²) in [6, 6.07) is 2.47. The molecule has 0 radical (unpaired) electrons. The first-order valence-corrected chi connectivity index (χ1v) is 10.8. The smallest absolute Gasteiger partial charge is 0.375 e. The van der Waals surface area contributed by atoms with E-state index in [2.05, 4.69) is 38.4 Å². The zero-order chi connectivity index (χ0) is 21.4. The molecule has 164 valence electrons. The summed E-state index contributed by atoms with van der Waals surface area (Å²) < 4.78 is 37.5. The molecule has 2 aliphatic rings. The van der Waals surface area contributed by atoms with Crippen molar-refractivity contribution in [1.29, 1.82) is 0 Å². The minimum absolute atomic E-state index is 0.00985. The molecule has 0 bridgehead atoms. The molecule has 1 saturated carbocycles. The van der Waals surface area contributed by atoms with Crippen LogP contribution in [0, 0.1) is 5.41 Å². The first kappa shape index (κ1) is 21.0. The van der Waals surface area contributed by atoms with E-state index in [4.69, 9.17) is 0 Å². The van der Waals surface area contributed by atoms with Crippen LogP contribution < -0.4 is 4.90 Å². The minimum Gasteiger partial charge on any atom is -0.375 e. The second-order valence-corrected chi connectivity index (χ2v) is 8.95. The van der Waals surface area contributed by atoms with Gasteiger partial charge in [-0.2, -0.15) is 13.2 Å². The number of rotatable bonds is 5. The number of allylic oxidation sites excluding steroid dienone is 1. The molecule has 3 heterocycles. The molecule has 2 aromatic heterocycles. The van der Waals surface area contributed by atoms with Crippen LogP contribution in [0.5, 0.6) is 0 Å². The van der Waals surface area contributed by atoms with Gasteiger partial charge >= 0.3 is 6.18 Å². The van der Waals surface area contributed by atoms with Crippen LogP contribution in [-0.4, -0.2) is 52.2 Å². The number of likely N-dealkylation sites (tertiary alicyclic amines) is 1. The summed E-state index contributed by atoms with van der Waals surface area (Å²) >= 11 is 0. The van der Waals surface area contributed by atoms with Gasteiger partial charge in [-0.05, 0) is 56.4 Å². The van der Waals surface area contributed by atoms with E-state index >= 15 is 0 Å². The maximum absolute atomic E-state index is 12.5. The predicted molar refractivity (Wildman–Crippen MR) is 112 cm³/mol. The number of piperidine rings is 1. The Labute approximate surface area is 175 Å². The quantitative estimate of drug-likeness (QED) is 0.714. The van der Waals surface area contributed by atoms with Crippen molar-refractivity contribution in [3.8, 4) is 0 Å². The molecule has 4 rings (SSSR count). The van der Waals surface area contributed by atoms with Crippen LogP contribution in [0.15, 0.2) is 30.9 Å². The van der Waals surface area contributed by atoms with Crippen LogP contribution in [0.3, 0.4) is 0 Å². The largest absolute Gasteiger partial charge is 0.389 e. The minimum atomic E-state index is -4.11. The second kappa shape index (κ2) is 8.12. The summed E-state index contributed by atoms with van der Waals surface area (Å²) in [7, 11) is 2.12. The zero-order valence-corrected chi connectivity index (χ0v) is 17.5. The van der Waals surface area contributed by atoms with Gasteiger partial charge in [-0.15, -0.1) is 0 Å². The van der Waals surface area contributed by atoms with Crippen molar-refractivity contribution in [3.63, 3.8) is 0 Å². The van der Waals surface area contributed by atoms with Crippen molar-refractivity contribution in [3.05, 3.63) is 30.9 Å². The van der Waals surface area contributed by atoms with Crippen molar-refractivity contribution in [2.24, 2.45) is 5.41 Å². The Balaban J connectivity index is 1.31. The van der Waals surface area contributed by atoms with E-state index in [1.54, 1.807) is 6.33 Å². The highest BCUT2D eigenvalue weighted by molar-refractivity contribution is 5.87. The fraction of sp³-hybridized carbons (Fsp3) is 0.636. The Morgan fingerprint density at radius 1 is 1.23 bits per heavy atom. The monoisotopic (exact) mass is 421 g/mol. The molecule has 0 amide bonds. The van der Waals surface area contributed by atoms with E-state index < -0.39 is 12.6 Å². The number of nitrogens with one attached hydrogen (secondary N) is 1. The summed E-state index contributed by atoms with van der Waals surface area (Å²) in [5.41, 5.74) is 1.82. The van der Waals surface area contributed by atoms with Crippen molar-refractivity contribution < 1.29 is 13.2 Å². The van der Waals surface area contributed by atoms with Crippen molar-refractivity contribution in [2.45, 2.75) is 63.6 Å². The van der Waals surface area contributed by atoms with Crippen LogP contribution in [-0.2, 0) is 0 Å². The molecule has 5 nitrogen and oxygen atoms in total. The summed E-state index contributed by atoms with van der Waals surface area (Å²) in [5, 5.41) is 1.05. The number of halogens is 3. The first-order chi connectivity index (χ1) is 14.3. The Hall–Kier alpha value is -2.25. The Morgan fingerprint density at radius 3 is 2.60 bits per heavy atom. The lowest BCUT2D eigenvalue weighted by molar-refractivity contribution is -0.134. The van der Waals surface area contributed by atoms with E-state index in [9.17, 15) is 13.2 Å². The summed E-state index contributed by atoms with van der Waals surface area (Å²) in [5.74, 6) is 0.970.